The van der Waals surface area contributed by atoms with Crippen LogP contribution in [0.2, 0.25) is 5.02 Å². The van der Waals surface area contributed by atoms with E-state index in [2.05, 4.69) is 21.8 Å². The highest BCUT2D eigenvalue weighted by molar-refractivity contribution is 7.90. The fraction of sp³-hybridized carbons (Fsp3) is 0.200. The van der Waals surface area contributed by atoms with Crippen LogP contribution in [0.15, 0.2) is 71.6 Å². The summed E-state index contributed by atoms with van der Waals surface area (Å²) in [4.78, 5) is 16.8. The Balaban J connectivity index is 1.39. The molecule has 0 atom stereocenters. The van der Waals surface area contributed by atoms with Crippen LogP contribution in [-0.2, 0) is 22.9 Å². The Kier molecular flexibility index (Phi) is 6.90. The third-order valence-electron chi connectivity index (χ3n) is 5.47. The largest absolute Gasteiger partial charge is 0.337 e. The van der Waals surface area contributed by atoms with Gasteiger partial charge in [0.15, 0.2) is 0 Å². The number of halogens is 1. The van der Waals surface area contributed by atoms with Crippen molar-refractivity contribution < 1.29 is 13.2 Å². The minimum absolute atomic E-state index is 0.0450. The number of fused-ring (bicyclic) bond motifs is 1. The third kappa shape index (κ3) is 5.08. The van der Waals surface area contributed by atoms with Gasteiger partial charge in [-0.1, -0.05) is 54.4 Å². The number of urea groups is 1. The second-order valence-electron chi connectivity index (χ2n) is 7.92. The Morgan fingerprint density at radius 3 is 2.41 bits per heavy atom. The van der Waals surface area contributed by atoms with E-state index in [0.717, 1.165) is 40.1 Å². The van der Waals surface area contributed by atoms with E-state index in [4.69, 9.17) is 11.6 Å². The van der Waals surface area contributed by atoms with Gasteiger partial charge in [0.2, 0.25) is 0 Å². The predicted molar refractivity (Wildman–Crippen MR) is 134 cm³/mol. The summed E-state index contributed by atoms with van der Waals surface area (Å²) >= 11 is 6.32. The molecule has 9 heteroatoms. The van der Waals surface area contributed by atoms with Crippen LogP contribution >= 0.6 is 11.6 Å². The van der Waals surface area contributed by atoms with E-state index in [1.807, 2.05) is 54.1 Å². The normalized spacial score (nSPS) is 11.5. The van der Waals surface area contributed by atoms with Crippen LogP contribution in [0.25, 0.3) is 16.7 Å². The molecule has 0 radical (unpaired) electrons. The number of aryl methyl sites for hydroxylation is 2. The molecule has 0 bridgehead atoms. The maximum absolute atomic E-state index is 12.3. The first-order chi connectivity index (χ1) is 16.3. The summed E-state index contributed by atoms with van der Waals surface area (Å²) in [5.41, 5.74) is 4.64. The van der Waals surface area contributed by atoms with Gasteiger partial charge in [-0.3, -0.25) is 4.57 Å². The maximum Gasteiger partial charge on any atom is 0.328 e. The topological polar surface area (TPSA) is 93.1 Å². The lowest BCUT2D eigenvalue weighted by Crippen LogP contribution is -2.40. The van der Waals surface area contributed by atoms with E-state index in [1.165, 1.54) is 12.1 Å². The van der Waals surface area contributed by atoms with Crippen LogP contribution in [-0.4, -0.2) is 30.5 Å². The molecule has 7 nitrogen and oxygen atoms in total. The number of nitrogens with one attached hydrogen (secondary N) is 2. The molecule has 0 aliphatic carbocycles. The molecule has 176 valence electrons. The molecule has 0 unspecified atom stereocenters. The van der Waals surface area contributed by atoms with Gasteiger partial charge >= 0.3 is 6.03 Å². The molecule has 4 aromatic rings. The average molecular weight is 497 g/mol. The standard InChI is InChI=1S/C25H25ClN4O3S/c1-3-23-28-24-21(26)5-4-6-22(24)30(23)19-11-9-18(10-12-19)15-16-27-25(31)29-34(32,33)20-13-7-17(2)8-14-20/h4-14H,3,15-16H2,1-2H3,(H2,27,29,31). The summed E-state index contributed by atoms with van der Waals surface area (Å²) in [5, 5.41) is 3.22. The van der Waals surface area contributed by atoms with E-state index in [1.54, 1.807) is 12.1 Å². The number of aromatic nitrogens is 2. The number of hydrogen-bond acceptors (Lipinski definition) is 4. The second kappa shape index (κ2) is 9.87. The van der Waals surface area contributed by atoms with Gasteiger partial charge < -0.3 is 5.32 Å². The Morgan fingerprint density at radius 1 is 1.03 bits per heavy atom. The first-order valence-electron chi connectivity index (χ1n) is 10.9. The summed E-state index contributed by atoms with van der Waals surface area (Å²) in [5.74, 6) is 0.920. The summed E-state index contributed by atoms with van der Waals surface area (Å²) in [6.45, 7) is 4.20. The van der Waals surface area contributed by atoms with Crippen molar-refractivity contribution in [3.8, 4) is 5.69 Å². The number of para-hydroxylation sites is 1. The molecule has 1 aromatic heterocycles. The quantitative estimate of drug-likeness (QED) is 0.385. The maximum atomic E-state index is 12.3. The fourth-order valence-electron chi connectivity index (χ4n) is 3.70. The fourth-order valence-corrected chi connectivity index (χ4v) is 4.85. The van der Waals surface area contributed by atoms with Gasteiger partial charge in [0.1, 0.15) is 11.3 Å². The van der Waals surface area contributed by atoms with Gasteiger partial charge in [-0.25, -0.2) is 22.9 Å². The molecule has 34 heavy (non-hydrogen) atoms. The zero-order valence-electron chi connectivity index (χ0n) is 18.9. The lowest BCUT2D eigenvalue weighted by Gasteiger charge is -2.11. The van der Waals surface area contributed by atoms with Crippen LogP contribution in [0.1, 0.15) is 23.9 Å². The molecule has 4 rings (SSSR count). The zero-order valence-corrected chi connectivity index (χ0v) is 20.4. The highest BCUT2D eigenvalue weighted by Gasteiger charge is 2.17. The minimum atomic E-state index is -3.91. The van der Waals surface area contributed by atoms with Gasteiger partial charge in [-0.05, 0) is 55.3 Å². The summed E-state index contributed by atoms with van der Waals surface area (Å²) in [6.07, 6.45) is 1.31. The van der Waals surface area contributed by atoms with Crippen molar-refractivity contribution in [1.29, 1.82) is 0 Å². The van der Waals surface area contributed by atoms with Gasteiger partial charge in [0, 0.05) is 18.7 Å². The summed E-state index contributed by atoms with van der Waals surface area (Å²) in [6, 6.07) is 19.2. The van der Waals surface area contributed by atoms with Crippen molar-refractivity contribution in [3.05, 3.63) is 88.7 Å². The Bertz CT molecular complexity index is 1430. The van der Waals surface area contributed by atoms with Gasteiger partial charge in [-0.15, -0.1) is 0 Å². The summed E-state index contributed by atoms with van der Waals surface area (Å²) < 4.78 is 28.8. The molecule has 0 aliphatic rings. The molecule has 0 spiro atoms. The van der Waals surface area contributed by atoms with Crippen molar-refractivity contribution in [2.24, 2.45) is 0 Å². The molecule has 1 heterocycles. The number of carbonyl (C=O) groups is 1. The molecule has 0 saturated heterocycles. The summed E-state index contributed by atoms with van der Waals surface area (Å²) in [7, 11) is -3.91. The SMILES string of the molecule is CCc1nc2c(Cl)cccc2n1-c1ccc(CCNC(=O)NS(=O)(=O)c2ccc(C)cc2)cc1. The van der Waals surface area contributed by atoms with Crippen molar-refractivity contribution in [2.75, 3.05) is 6.54 Å². The van der Waals surface area contributed by atoms with Crippen LogP contribution in [0.3, 0.4) is 0 Å². The molecule has 0 saturated carbocycles. The van der Waals surface area contributed by atoms with E-state index in [9.17, 15) is 13.2 Å². The molecule has 2 amide bonds. The number of imidazole rings is 1. The van der Waals surface area contributed by atoms with Crippen molar-refractivity contribution in [3.63, 3.8) is 0 Å². The average Bonchev–Trinajstić information content (AvgIpc) is 3.19. The first-order valence-corrected chi connectivity index (χ1v) is 12.8. The van der Waals surface area contributed by atoms with E-state index in [-0.39, 0.29) is 4.90 Å². The van der Waals surface area contributed by atoms with Gasteiger partial charge in [0.05, 0.1) is 15.4 Å². The number of benzene rings is 3. The second-order valence-corrected chi connectivity index (χ2v) is 10.0. The molecular formula is C25H25ClN4O3S. The van der Waals surface area contributed by atoms with Gasteiger partial charge in [0.25, 0.3) is 10.0 Å². The molecular weight excluding hydrogens is 472 g/mol. The van der Waals surface area contributed by atoms with E-state index >= 15 is 0 Å². The number of carbonyl (C=O) groups excluding carboxylic acids is 1. The molecule has 0 fully saturated rings. The monoisotopic (exact) mass is 496 g/mol. The first kappa shape index (κ1) is 23.8. The van der Waals surface area contributed by atoms with Crippen molar-refractivity contribution in [1.82, 2.24) is 19.6 Å². The van der Waals surface area contributed by atoms with E-state index < -0.39 is 16.1 Å². The number of rotatable bonds is 7. The van der Waals surface area contributed by atoms with Crippen LogP contribution in [0.5, 0.6) is 0 Å². The van der Waals surface area contributed by atoms with Crippen LogP contribution in [0, 0.1) is 6.92 Å². The highest BCUT2D eigenvalue weighted by Crippen LogP contribution is 2.27. The van der Waals surface area contributed by atoms with Crippen molar-refractivity contribution in [2.45, 2.75) is 31.6 Å². The molecule has 3 aromatic carbocycles. The Hall–Kier alpha value is -3.36. The van der Waals surface area contributed by atoms with Crippen LogP contribution < -0.4 is 10.0 Å². The number of nitrogens with zero attached hydrogens (tertiary/aromatic N) is 2. The Morgan fingerprint density at radius 2 is 1.74 bits per heavy atom. The Labute approximate surface area is 203 Å². The third-order valence-corrected chi connectivity index (χ3v) is 7.13. The van der Waals surface area contributed by atoms with E-state index in [0.29, 0.717) is 18.0 Å². The molecule has 2 N–H and O–H groups in total. The highest BCUT2D eigenvalue weighted by atomic mass is 35.5. The lowest BCUT2D eigenvalue weighted by atomic mass is 10.1. The number of hydrogen-bond donors (Lipinski definition) is 2. The number of sulfonamides is 1. The minimum Gasteiger partial charge on any atom is -0.337 e. The smallest absolute Gasteiger partial charge is 0.328 e. The van der Waals surface area contributed by atoms with Crippen molar-refractivity contribution >= 4 is 38.7 Å². The van der Waals surface area contributed by atoms with Crippen LogP contribution in [0.4, 0.5) is 4.79 Å². The molecule has 0 aliphatic heterocycles. The zero-order chi connectivity index (χ0) is 24.3. The van der Waals surface area contributed by atoms with Gasteiger partial charge in [-0.2, -0.15) is 0 Å². The number of amides is 2. The lowest BCUT2D eigenvalue weighted by molar-refractivity contribution is 0.246. The predicted octanol–water partition coefficient (Wildman–Crippen LogP) is 4.78.